The van der Waals surface area contributed by atoms with Crippen LogP contribution in [0.4, 0.5) is 11.4 Å². The fourth-order valence-electron chi connectivity index (χ4n) is 4.14. The summed E-state index contributed by atoms with van der Waals surface area (Å²) in [7, 11) is 0. The minimum Gasteiger partial charge on any atom is -0.386 e. The van der Waals surface area contributed by atoms with Crippen LogP contribution in [0.2, 0.25) is 0 Å². The van der Waals surface area contributed by atoms with Gasteiger partial charge in [0.25, 0.3) is 0 Å². The van der Waals surface area contributed by atoms with Gasteiger partial charge in [0, 0.05) is 10.2 Å². The lowest BCUT2D eigenvalue weighted by molar-refractivity contribution is -0.133. The van der Waals surface area contributed by atoms with Crippen molar-refractivity contribution in [3.8, 4) is 6.07 Å². The molecule has 39 heavy (non-hydrogen) atoms. The second-order valence-corrected chi connectivity index (χ2v) is 9.59. The fourth-order valence-corrected chi connectivity index (χ4v) is 4.64. The summed E-state index contributed by atoms with van der Waals surface area (Å²) in [5.41, 5.74) is 1.35. The Hall–Kier alpha value is -4.55. The quantitative estimate of drug-likeness (QED) is 0.147. The SMILES string of the molecule is N#CC(C(=O)OC(=O)c1cc(Nc2ccccc2)c(C(=O)OC(=O)c2ccccc2)cc1Br)=C1CCCCC1. The summed E-state index contributed by atoms with van der Waals surface area (Å²) < 4.78 is 10.3. The van der Waals surface area contributed by atoms with E-state index in [1.54, 1.807) is 42.5 Å². The lowest BCUT2D eigenvalue weighted by atomic mass is 9.91. The van der Waals surface area contributed by atoms with Crippen molar-refractivity contribution in [3.63, 3.8) is 0 Å². The monoisotopic (exact) mass is 586 g/mol. The van der Waals surface area contributed by atoms with Crippen LogP contribution in [0.5, 0.6) is 0 Å². The number of rotatable bonds is 6. The first-order chi connectivity index (χ1) is 18.9. The number of para-hydroxylation sites is 1. The van der Waals surface area contributed by atoms with Gasteiger partial charge in [0.15, 0.2) is 0 Å². The molecule has 1 fully saturated rings. The van der Waals surface area contributed by atoms with E-state index in [1.807, 2.05) is 12.1 Å². The number of nitrogens with zero attached hydrogens (tertiary/aromatic N) is 1. The van der Waals surface area contributed by atoms with E-state index in [0.29, 0.717) is 24.1 Å². The van der Waals surface area contributed by atoms with Crippen LogP contribution in [0.3, 0.4) is 0 Å². The fraction of sp³-hybridized carbons (Fsp3) is 0.167. The van der Waals surface area contributed by atoms with E-state index in [1.165, 1.54) is 24.3 Å². The molecule has 0 heterocycles. The smallest absolute Gasteiger partial charge is 0.356 e. The Morgan fingerprint density at radius 3 is 2.03 bits per heavy atom. The van der Waals surface area contributed by atoms with Crippen LogP contribution in [-0.4, -0.2) is 23.9 Å². The summed E-state index contributed by atoms with van der Waals surface area (Å²) in [6.07, 6.45) is 3.98. The zero-order chi connectivity index (χ0) is 27.8. The van der Waals surface area contributed by atoms with Gasteiger partial charge >= 0.3 is 23.9 Å². The highest BCUT2D eigenvalue weighted by atomic mass is 79.9. The summed E-state index contributed by atoms with van der Waals surface area (Å²) in [6, 6.07) is 21.4. The molecular formula is C30H23BrN2O6. The van der Waals surface area contributed by atoms with E-state index in [-0.39, 0.29) is 32.4 Å². The van der Waals surface area contributed by atoms with E-state index in [4.69, 9.17) is 9.47 Å². The summed E-state index contributed by atoms with van der Waals surface area (Å²) in [4.78, 5) is 51.3. The second kappa shape index (κ2) is 12.8. The molecule has 0 atom stereocenters. The number of anilines is 2. The van der Waals surface area contributed by atoms with Gasteiger partial charge in [0.1, 0.15) is 11.6 Å². The number of allylic oxidation sites excluding steroid dienone is 1. The number of hydrogen-bond donors (Lipinski definition) is 1. The topological polar surface area (TPSA) is 123 Å². The van der Waals surface area contributed by atoms with E-state index < -0.39 is 23.9 Å². The molecule has 1 aliphatic rings. The van der Waals surface area contributed by atoms with Crippen molar-refractivity contribution in [3.05, 3.63) is 105 Å². The number of nitriles is 1. The molecule has 196 valence electrons. The minimum absolute atomic E-state index is 0.0417. The zero-order valence-electron chi connectivity index (χ0n) is 20.7. The first kappa shape index (κ1) is 27.5. The zero-order valence-corrected chi connectivity index (χ0v) is 22.3. The molecule has 3 aromatic rings. The summed E-state index contributed by atoms with van der Waals surface area (Å²) in [5.74, 6) is -3.81. The van der Waals surface area contributed by atoms with Gasteiger partial charge in [0.2, 0.25) is 0 Å². The lowest BCUT2D eigenvalue weighted by Gasteiger charge is -2.16. The van der Waals surface area contributed by atoms with Gasteiger partial charge in [-0.2, -0.15) is 5.26 Å². The van der Waals surface area contributed by atoms with Gasteiger partial charge in [-0.1, -0.05) is 42.8 Å². The van der Waals surface area contributed by atoms with Crippen LogP contribution >= 0.6 is 15.9 Å². The Labute approximate surface area is 233 Å². The van der Waals surface area contributed by atoms with Crippen molar-refractivity contribution in [2.24, 2.45) is 0 Å². The molecule has 1 saturated carbocycles. The van der Waals surface area contributed by atoms with Crippen molar-refractivity contribution >= 4 is 51.2 Å². The molecule has 0 radical (unpaired) electrons. The number of carbonyl (C=O) groups is 4. The van der Waals surface area contributed by atoms with Crippen molar-refractivity contribution in [1.29, 1.82) is 5.26 Å². The molecule has 8 nitrogen and oxygen atoms in total. The molecule has 0 saturated heterocycles. The predicted molar refractivity (Wildman–Crippen MR) is 146 cm³/mol. The van der Waals surface area contributed by atoms with Crippen molar-refractivity contribution in [1.82, 2.24) is 0 Å². The highest BCUT2D eigenvalue weighted by molar-refractivity contribution is 9.10. The van der Waals surface area contributed by atoms with Gasteiger partial charge in [-0.25, -0.2) is 19.2 Å². The first-order valence-corrected chi connectivity index (χ1v) is 13.0. The maximum absolute atomic E-state index is 13.0. The molecule has 4 rings (SSSR count). The molecule has 0 spiro atoms. The molecule has 0 bridgehead atoms. The van der Waals surface area contributed by atoms with E-state index in [2.05, 4.69) is 21.2 Å². The average Bonchev–Trinajstić information content (AvgIpc) is 2.95. The second-order valence-electron chi connectivity index (χ2n) is 8.74. The summed E-state index contributed by atoms with van der Waals surface area (Å²) in [6.45, 7) is 0. The number of nitrogens with one attached hydrogen (secondary N) is 1. The first-order valence-electron chi connectivity index (χ1n) is 12.2. The molecule has 0 aromatic heterocycles. The Morgan fingerprint density at radius 1 is 0.769 bits per heavy atom. The van der Waals surface area contributed by atoms with Gasteiger partial charge < -0.3 is 14.8 Å². The van der Waals surface area contributed by atoms with E-state index in [0.717, 1.165) is 19.3 Å². The molecule has 0 amide bonds. The Bertz CT molecular complexity index is 1490. The number of carbonyl (C=O) groups excluding carboxylic acids is 4. The van der Waals surface area contributed by atoms with Crippen LogP contribution in [0, 0.1) is 11.3 Å². The van der Waals surface area contributed by atoms with Crippen molar-refractivity contribution < 1.29 is 28.7 Å². The molecule has 0 unspecified atom stereocenters. The highest BCUT2D eigenvalue weighted by Gasteiger charge is 2.26. The molecule has 1 N–H and O–H groups in total. The van der Waals surface area contributed by atoms with Gasteiger partial charge in [-0.3, -0.25) is 0 Å². The number of hydrogen-bond acceptors (Lipinski definition) is 8. The third kappa shape index (κ3) is 6.86. The molecule has 1 aliphatic carbocycles. The average molecular weight is 587 g/mol. The third-order valence-corrected chi connectivity index (χ3v) is 6.76. The van der Waals surface area contributed by atoms with E-state index in [9.17, 15) is 24.4 Å². The van der Waals surface area contributed by atoms with Gasteiger partial charge in [-0.05, 0) is 83.6 Å². The van der Waals surface area contributed by atoms with Crippen molar-refractivity contribution in [2.45, 2.75) is 32.1 Å². The van der Waals surface area contributed by atoms with Gasteiger partial charge in [0.05, 0.1) is 22.4 Å². The van der Waals surface area contributed by atoms with Crippen LogP contribution in [0.15, 0.2) is 88.4 Å². The predicted octanol–water partition coefficient (Wildman–Crippen LogP) is 6.66. The minimum atomic E-state index is -1.01. The summed E-state index contributed by atoms with van der Waals surface area (Å²) >= 11 is 3.26. The van der Waals surface area contributed by atoms with Crippen molar-refractivity contribution in [2.75, 3.05) is 5.32 Å². The van der Waals surface area contributed by atoms with Crippen LogP contribution in [-0.2, 0) is 14.3 Å². The number of halogens is 1. The van der Waals surface area contributed by atoms with Crippen LogP contribution < -0.4 is 5.32 Å². The lowest BCUT2D eigenvalue weighted by Crippen LogP contribution is -2.18. The third-order valence-electron chi connectivity index (χ3n) is 6.11. The number of esters is 4. The largest absolute Gasteiger partial charge is 0.386 e. The van der Waals surface area contributed by atoms with Crippen LogP contribution in [0.25, 0.3) is 0 Å². The van der Waals surface area contributed by atoms with Gasteiger partial charge in [-0.15, -0.1) is 0 Å². The van der Waals surface area contributed by atoms with Crippen LogP contribution in [0.1, 0.15) is 63.2 Å². The highest BCUT2D eigenvalue weighted by Crippen LogP contribution is 2.31. The molecule has 0 aliphatic heterocycles. The Morgan fingerprint density at radius 2 is 1.38 bits per heavy atom. The number of ether oxygens (including phenoxy) is 2. The van der Waals surface area contributed by atoms with E-state index >= 15 is 0 Å². The number of benzene rings is 3. The standard InChI is InChI=1S/C30H23BrN2O6/c31-25-16-23(29(36)38-27(34)20-12-6-2-7-13-20)26(33-21-14-8-3-9-15-21)17-22(25)28(35)39-30(37)24(18-32)19-10-4-1-5-11-19/h2-3,6-9,12-17,33H,1,4-5,10-11H2. The molecule has 3 aromatic carbocycles. The maximum Gasteiger partial charge on any atom is 0.356 e. The molecular weight excluding hydrogens is 564 g/mol. The summed E-state index contributed by atoms with van der Waals surface area (Å²) in [5, 5.41) is 12.6. The normalized spacial score (nSPS) is 12.6. The Balaban J connectivity index is 1.64. The molecule has 9 heteroatoms. The maximum atomic E-state index is 13.0. The Kier molecular flexibility index (Phi) is 9.02.